The van der Waals surface area contributed by atoms with Crippen molar-refractivity contribution in [3.8, 4) is 0 Å². The molecule has 0 aliphatic carbocycles. The van der Waals surface area contributed by atoms with E-state index in [1.807, 2.05) is 24.3 Å². The van der Waals surface area contributed by atoms with Crippen molar-refractivity contribution in [2.24, 2.45) is 0 Å². The maximum atomic E-state index is 12.8. The minimum absolute atomic E-state index is 0.0831. The minimum Gasteiger partial charge on any atom is -0.387 e. The average molecular weight is 375 g/mol. The smallest absolute Gasteiger partial charge is 0.273 e. The van der Waals surface area contributed by atoms with Crippen molar-refractivity contribution >= 4 is 37.5 Å². The monoisotopic (exact) mass is 374 g/mol. The summed E-state index contributed by atoms with van der Waals surface area (Å²) in [4.78, 5) is 25.4. The van der Waals surface area contributed by atoms with E-state index in [9.17, 15) is 14.7 Å². The summed E-state index contributed by atoms with van der Waals surface area (Å²) < 4.78 is 2.79. The van der Waals surface area contributed by atoms with Crippen LogP contribution in [0.3, 0.4) is 0 Å². The van der Waals surface area contributed by atoms with Crippen molar-refractivity contribution < 1.29 is 5.11 Å². The van der Waals surface area contributed by atoms with Crippen LogP contribution in [-0.4, -0.2) is 24.9 Å². The van der Waals surface area contributed by atoms with E-state index >= 15 is 0 Å². The van der Waals surface area contributed by atoms with E-state index in [4.69, 9.17) is 0 Å². The number of aliphatic hydroxyl groups is 1. The topological polar surface area (TPSA) is 64.2 Å². The molecule has 6 heteroatoms. The third kappa shape index (κ3) is 2.09. The van der Waals surface area contributed by atoms with Crippen LogP contribution in [0.15, 0.2) is 46.0 Å². The number of benzene rings is 2. The highest BCUT2D eigenvalue weighted by Gasteiger charge is 2.37. The molecule has 0 saturated heterocycles. The maximum Gasteiger partial charge on any atom is 0.273 e. The summed E-state index contributed by atoms with van der Waals surface area (Å²) >= 11 is 3.42. The molecule has 0 radical (unpaired) electrons. The van der Waals surface area contributed by atoms with Gasteiger partial charge in [0.05, 0.1) is 34.3 Å². The van der Waals surface area contributed by atoms with Crippen LogP contribution in [0.4, 0.5) is 0 Å². The summed E-state index contributed by atoms with van der Waals surface area (Å²) in [6.45, 7) is 2.00. The van der Waals surface area contributed by atoms with Gasteiger partial charge in [-0.25, -0.2) is 9.36 Å². The molecule has 1 aromatic heterocycles. The second-order valence-corrected chi connectivity index (χ2v) is 7.43. The molecule has 1 aliphatic rings. The van der Waals surface area contributed by atoms with Crippen LogP contribution in [0.1, 0.15) is 6.92 Å². The van der Waals surface area contributed by atoms with Crippen molar-refractivity contribution in [3.05, 3.63) is 57.1 Å². The number of hydrogen-bond acceptors (Lipinski definition) is 3. The Morgan fingerprint density at radius 2 is 1.61 bits per heavy atom. The van der Waals surface area contributed by atoms with Crippen LogP contribution < -0.4 is 11.1 Å². The van der Waals surface area contributed by atoms with Crippen LogP contribution in [-0.2, 0) is 13.1 Å². The second kappa shape index (κ2) is 4.79. The number of fused-ring (bicyclic) bond motifs is 3. The highest BCUT2D eigenvalue weighted by Crippen LogP contribution is 2.25. The molecule has 2 heterocycles. The molecule has 2 aromatic carbocycles. The molecule has 2 atom stereocenters. The number of nitrogens with zero attached hydrogens (tertiary/aromatic N) is 2. The van der Waals surface area contributed by atoms with E-state index in [1.165, 1.54) is 9.36 Å². The van der Waals surface area contributed by atoms with E-state index in [0.29, 0.717) is 10.8 Å². The van der Waals surface area contributed by atoms with E-state index in [-0.39, 0.29) is 29.0 Å². The largest absolute Gasteiger partial charge is 0.387 e. The molecule has 3 aromatic rings. The highest BCUT2D eigenvalue weighted by molar-refractivity contribution is 9.09. The molecule has 0 saturated carbocycles. The van der Waals surface area contributed by atoms with Crippen LogP contribution in [0.25, 0.3) is 21.5 Å². The van der Waals surface area contributed by atoms with Crippen LogP contribution in [0.2, 0.25) is 0 Å². The van der Waals surface area contributed by atoms with Gasteiger partial charge in [-0.2, -0.15) is 0 Å². The Balaban J connectivity index is 2.14. The normalized spacial score (nSPS) is 24.0. The zero-order valence-corrected chi connectivity index (χ0v) is 14.1. The summed E-state index contributed by atoms with van der Waals surface area (Å²) in [5, 5.41) is 13.1. The first kappa shape index (κ1) is 14.7. The number of halogens is 1. The van der Waals surface area contributed by atoms with E-state index in [0.717, 1.165) is 10.8 Å². The summed E-state index contributed by atoms with van der Waals surface area (Å²) in [6.07, 6.45) is 0. The van der Waals surface area contributed by atoms with Crippen LogP contribution in [0.5, 0.6) is 0 Å². The van der Waals surface area contributed by atoms with Gasteiger partial charge in [-0.15, -0.1) is 0 Å². The Bertz CT molecular complexity index is 1070. The molecular formula is C17H15BrN2O3. The Kier molecular flexibility index (Phi) is 3.05. The first-order valence-corrected chi connectivity index (χ1v) is 8.33. The van der Waals surface area contributed by atoms with Gasteiger partial charge in [-0.3, -0.25) is 9.59 Å². The zero-order valence-electron chi connectivity index (χ0n) is 12.5. The zero-order chi connectivity index (χ0) is 16.4. The molecule has 5 nitrogen and oxygen atoms in total. The van der Waals surface area contributed by atoms with Gasteiger partial charge in [-0.1, -0.05) is 40.2 Å². The predicted octanol–water partition coefficient (Wildman–Crippen LogP) is 1.84. The fourth-order valence-corrected chi connectivity index (χ4v) is 3.60. The second-order valence-electron chi connectivity index (χ2n) is 6.32. The summed E-state index contributed by atoms with van der Waals surface area (Å²) in [5.41, 5.74) is -1.53. The minimum atomic E-state index is -1.08. The summed E-state index contributed by atoms with van der Waals surface area (Å²) in [6, 6.07) is 11.2. The molecule has 4 rings (SSSR count). The third-order valence-electron chi connectivity index (χ3n) is 4.58. The standard InChI is InChI=1S/C17H15BrN2O3/c1-17(23)9-20-16(22)13-7-11-5-3-2-4-10(11)6-12(13)15(21)19(20)8-14(17)18/h2-7,14,23H,8-9H2,1H3/t14-,17-/m0/s1. The van der Waals surface area contributed by atoms with Gasteiger partial charge in [0.15, 0.2) is 0 Å². The molecule has 0 unspecified atom stereocenters. The Labute approximate surface area is 139 Å². The number of hydrogen-bond donors (Lipinski definition) is 1. The lowest BCUT2D eigenvalue weighted by Crippen LogP contribution is -2.55. The molecule has 0 spiro atoms. The van der Waals surface area contributed by atoms with Crippen molar-refractivity contribution in [1.82, 2.24) is 9.36 Å². The van der Waals surface area contributed by atoms with Gasteiger partial charge in [0.2, 0.25) is 0 Å². The Morgan fingerprint density at radius 1 is 1.09 bits per heavy atom. The summed E-state index contributed by atoms with van der Waals surface area (Å²) in [7, 11) is 0. The lowest BCUT2D eigenvalue weighted by atomic mass is 10.00. The van der Waals surface area contributed by atoms with Gasteiger partial charge in [-0.05, 0) is 29.8 Å². The molecule has 0 fully saturated rings. The predicted molar refractivity (Wildman–Crippen MR) is 93.3 cm³/mol. The number of rotatable bonds is 0. The molecule has 0 amide bonds. The first-order valence-electron chi connectivity index (χ1n) is 7.41. The van der Waals surface area contributed by atoms with Crippen molar-refractivity contribution in [2.45, 2.75) is 30.4 Å². The van der Waals surface area contributed by atoms with Gasteiger partial charge < -0.3 is 5.11 Å². The molecule has 1 aliphatic heterocycles. The number of alkyl halides is 1. The average Bonchev–Trinajstić information content (AvgIpc) is 2.53. The van der Waals surface area contributed by atoms with E-state index in [2.05, 4.69) is 15.9 Å². The van der Waals surface area contributed by atoms with Gasteiger partial charge in [0, 0.05) is 0 Å². The molecule has 1 N–H and O–H groups in total. The fraction of sp³-hybridized carbons (Fsp3) is 0.294. The lowest BCUT2D eigenvalue weighted by Gasteiger charge is -2.36. The van der Waals surface area contributed by atoms with Gasteiger partial charge in [0.25, 0.3) is 11.1 Å². The molecule has 23 heavy (non-hydrogen) atoms. The lowest BCUT2D eigenvalue weighted by molar-refractivity contribution is 0.00565. The number of aromatic nitrogens is 2. The summed E-state index contributed by atoms with van der Waals surface area (Å²) in [5.74, 6) is 0. The Morgan fingerprint density at radius 3 is 2.17 bits per heavy atom. The van der Waals surface area contributed by atoms with Gasteiger partial charge >= 0.3 is 0 Å². The third-order valence-corrected chi connectivity index (χ3v) is 5.86. The van der Waals surface area contributed by atoms with E-state index < -0.39 is 5.60 Å². The first-order chi connectivity index (χ1) is 10.9. The molecular weight excluding hydrogens is 360 g/mol. The van der Waals surface area contributed by atoms with Crippen molar-refractivity contribution in [1.29, 1.82) is 0 Å². The van der Waals surface area contributed by atoms with Crippen molar-refractivity contribution in [3.63, 3.8) is 0 Å². The highest BCUT2D eigenvalue weighted by atomic mass is 79.9. The Hall–Kier alpha value is -1.92. The molecule has 0 bridgehead atoms. The van der Waals surface area contributed by atoms with Gasteiger partial charge in [0.1, 0.15) is 0 Å². The quantitative estimate of drug-likeness (QED) is 0.482. The van der Waals surface area contributed by atoms with Crippen molar-refractivity contribution in [2.75, 3.05) is 0 Å². The fourth-order valence-electron chi connectivity index (χ4n) is 3.18. The van der Waals surface area contributed by atoms with Crippen LogP contribution >= 0.6 is 15.9 Å². The maximum absolute atomic E-state index is 12.8. The SMILES string of the molecule is C[C@]1(O)Cn2c(=O)c3cc4ccccc4cc3c(=O)n2C[C@@H]1Br. The van der Waals surface area contributed by atoms with E-state index in [1.54, 1.807) is 19.1 Å². The van der Waals surface area contributed by atoms with Crippen LogP contribution in [0, 0.1) is 0 Å². The molecule has 118 valence electrons.